The highest BCUT2D eigenvalue weighted by Crippen LogP contribution is 2.15. The molecule has 1 aliphatic rings. The summed E-state index contributed by atoms with van der Waals surface area (Å²) in [5.74, 6) is 0.483. The molecule has 0 amide bonds. The van der Waals surface area contributed by atoms with E-state index in [1.54, 1.807) is 19.1 Å². The Morgan fingerprint density at radius 3 is 2.68 bits per heavy atom. The molecule has 0 unspecified atom stereocenters. The molecule has 2 rings (SSSR count). The molecule has 0 spiro atoms. The fourth-order valence-electron chi connectivity index (χ4n) is 2.15. The van der Waals surface area contributed by atoms with E-state index in [9.17, 15) is 4.79 Å². The largest absolute Gasteiger partial charge is 0.352 e. The van der Waals surface area contributed by atoms with E-state index in [2.05, 4.69) is 10.5 Å². The van der Waals surface area contributed by atoms with Gasteiger partial charge in [-0.3, -0.25) is 10.2 Å². The summed E-state index contributed by atoms with van der Waals surface area (Å²) < 4.78 is 0. The average Bonchev–Trinajstić information content (AvgIpc) is 2.40. The molecule has 1 heterocycles. The summed E-state index contributed by atoms with van der Waals surface area (Å²) in [6.45, 7) is 3.35. The van der Waals surface area contributed by atoms with Gasteiger partial charge >= 0.3 is 0 Å². The normalized spacial score (nSPS) is 16.3. The van der Waals surface area contributed by atoms with Crippen molar-refractivity contribution in [2.24, 2.45) is 5.10 Å². The van der Waals surface area contributed by atoms with Crippen LogP contribution in [0.1, 0.15) is 26.2 Å². The monoisotopic (exact) mass is 279 g/mol. The highest BCUT2D eigenvalue weighted by Gasteiger charge is 2.18. The van der Waals surface area contributed by atoms with Gasteiger partial charge in [0.2, 0.25) is 0 Å². The first-order valence-corrected chi connectivity index (χ1v) is 6.90. The summed E-state index contributed by atoms with van der Waals surface area (Å²) in [6.07, 6.45) is 3.45. The standard InChI is InChI=1S/C14H18ClN3O/c1-11(19)14(18-8-3-2-4-9-18)17-16-13-7-5-6-12(15)10-13/h5-7,10,16H,2-4,8-9H2,1H3/b17-14-. The lowest BCUT2D eigenvalue weighted by atomic mass is 10.1. The lowest BCUT2D eigenvalue weighted by molar-refractivity contribution is -0.111. The van der Waals surface area contributed by atoms with Gasteiger partial charge in [-0.2, -0.15) is 5.10 Å². The molecule has 0 atom stereocenters. The van der Waals surface area contributed by atoms with Crippen LogP contribution in [0.25, 0.3) is 0 Å². The third-order valence-corrected chi connectivity index (χ3v) is 3.32. The van der Waals surface area contributed by atoms with Crippen LogP contribution in [0.3, 0.4) is 0 Å². The van der Waals surface area contributed by atoms with Gasteiger partial charge in [-0.25, -0.2) is 0 Å². The molecule has 1 aromatic rings. The topological polar surface area (TPSA) is 44.7 Å². The Morgan fingerprint density at radius 2 is 2.05 bits per heavy atom. The van der Waals surface area contributed by atoms with E-state index < -0.39 is 0 Å². The molecule has 102 valence electrons. The molecule has 1 saturated heterocycles. The van der Waals surface area contributed by atoms with Crippen LogP contribution in [0.15, 0.2) is 29.4 Å². The van der Waals surface area contributed by atoms with Gasteiger partial charge in [-0.05, 0) is 37.5 Å². The van der Waals surface area contributed by atoms with Crippen LogP contribution in [0.5, 0.6) is 0 Å². The van der Waals surface area contributed by atoms with Crippen molar-refractivity contribution in [2.45, 2.75) is 26.2 Å². The second-order valence-electron chi connectivity index (χ2n) is 4.66. The minimum atomic E-state index is -0.0172. The molecule has 19 heavy (non-hydrogen) atoms. The number of amidine groups is 1. The first-order valence-electron chi connectivity index (χ1n) is 6.52. The molecular formula is C14H18ClN3O. The first kappa shape index (κ1) is 13.9. The van der Waals surface area contributed by atoms with Crippen LogP contribution >= 0.6 is 11.6 Å². The van der Waals surface area contributed by atoms with Crippen LogP contribution in [-0.2, 0) is 4.79 Å². The Balaban J connectivity index is 2.10. The second-order valence-corrected chi connectivity index (χ2v) is 5.10. The van der Waals surface area contributed by atoms with Gasteiger partial charge < -0.3 is 4.90 Å². The number of nitrogens with zero attached hydrogens (tertiary/aromatic N) is 2. The van der Waals surface area contributed by atoms with Crippen LogP contribution in [0.4, 0.5) is 5.69 Å². The molecule has 1 aliphatic heterocycles. The Hall–Kier alpha value is -1.55. The Kier molecular flexibility index (Phi) is 4.80. The van der Waals surface area contributed by atoms with Crippen LogP contribution in [-0.4, -0.2) is 29.6 Å². The number of carbonyl (C=O) groups is 1. The fourth-order valence-corrected chi connectivity index (χ4v) is 2.34. The van der Waals surface area contributed by atoms with E-state index in [-0.39, 0.29) is 5.78 Å². The molecule has 5 heteroatoms. The first-order chi connectivity index (χ1) is 9.16. The zero-order valence-corrected chi connectivity index (χ0v) is 11.8. The summed E-state index contributed by atoms with van der Waals surface area (Å²) in [5, 5.41) is 4.88. The van der Waals surface area contributed by atoms with Gasteiger partial charge in [0.15, 0.2) is 11.6 Å². The number of likely N-dealkylation sites (tertiary alicyclic amines) is 1. The average molecular weight is 280 g/mol. The number of Topliss-reactive ketones (excluding diaryl/α,β-unsaturated/α-hetero) is 1. The second kappa shape index (κ2) is 6.57. The summed E-state index contributed by atoms with van der Waals surface area (Å²) in [6, 6.07) is 7.28. The van der Waals surface area contributed by atoms with Gasteiger partial charge in [0.1, 0.15) is 0 Å². The van der Waals surface area contributed by atoms with Crippen molar-refractivity contribution >= 4 is 28.9 Å². The quantitative estimate of drug-likeness (QED) is 0.525. The zero-order valence-electron chi connectivity index (χ0n) is 11.0. The number of hydrazone groups is 1. The number of rotatable bonds is 3. The summed E-state index contributed by atoms with van der Waals surface area (Å²) in [7, 11) is 0. The SMILES string of the molecule is CC(=O)/C(=N/Nc1cccc(Cl)c1)N1CCCCC1. The maximum atomic E-state index is 11.7. The molecule has 0 aliphatic carbocycles. The smallest absolute Gasteiger partial charge is 0.196 e. The van der Waals surface area contributed by atoms with Crippen molar-refractivity contribution in [3.63, 3.8) is 0 Å². The molecule has 0 radical (unpaired) electrons. The predicted octanol–water partition coefficient (Wildman–Crippen LogP) is 3.14. The van der Waals surface area contributed by atoms with Crippen molar-refractivity contribution < 1.29 is 4.79 Å². The van der Waals surface area contributed by atoms with E-state index >= 15 is 0 Å². The van der Waals surface area contributed by atoms with Crippen molar-refractivity contribution in [3.8, 4) is 0 Å². The maximum absolute atomic E-state index is 11.7. The predicted molar refractivity (Wildman–Crippen MR) is 78.6 cm³/mol. The molecule has 0 saturated carbocycles. The van der Waals surface area contributed by atoms with E-state index in [1.165, 1.54) is 6.42 Å². The Morgan fingerprint density at radius 1 is 1.32 bits per heavy atom. The van der Waals surface area contributed by atoms with Crippen molar-refractivity contribution in [3.05, 3.63) is 29.3 Å². The summed E-state index contributed by atoms with van der Waals surface area (Å²) >= 11 is 5.91. The number of anilines is 1. The fraction of sp³-hybridized carbons (Fsp3) is 0.429. The summed E-state index contributed by atoms with van der Waals surface area (Å²) in [4.78, 5) is 13.7. The number of nitrogens with one attached hydrogen (secondary N) is 1. The van der Waals surface area contributed by atoms with E-state index in [1.807, 2.05) is 17.0 Å². The highest BCUT2D eigenvalue weighted by molar-refractivity contribution is 6.38. The van der Waals surface area contributed by atoms with Crippen LogP contribution < -0.4 is 5.43 Å². The van der Waals surface area contributed by atoms with Crippen molar-refractivity contribution in [2.75, 3.05) is 18.5 Å². The minimum absolute atomic E-state index is 0.0172. The van der Waals surface area contributed by atoms with Gasteiger partial charge in [0.05, 0.1) is 5.69 Å². The van der Waals surface area contributed by atoms with Gasteiger partial charge in [-0.15, -0.1) is 0 Å². The highest BCUT2D eigenvalue weighted by atomic mass is 35.5. The molecule has 4 nitrogen and oxygen atoms in total. The summed E-state index contributed by atoms with van der Waals surface area (Å²) in [5.41, 5.74) is 3.69. The Labute approximate surface area is 118 Å². The third-order valence-electron chi connectivity index (χ3n) is 3.09. The molecular weight excluding hydrogens is 262 g/mol. The van der Waals surface area contributed by atoms with Crippen LogP contribution in [0.2, 0.25) is 5.02 Å². The maximum Gasteiger partial charge on any atom is 0.196 e. The lowest BCUT2D eigenvalue weighted by Gasteiger charge is -2.28. The van der Waals surface area contributed by atoms with Crippen LogP contribution in [0, 0.1) is 0 Å². The minimum Gasteiger partial charge on any atom is -0.352 e. The van der Waals surface area contributed by atoms with E-state index in [4.69, 9.17) is 11.6 Å². The van der Waals surface area contributed by atoms with Crippen molar-refractivity contribution in [1.29, 1.82) is 0 Å². The third kappa shape index (κ3) is 3.96. The van der Waals surface area contributed by atoms with Gasteiger partial charge in [0.25, 0.3) is 0 Å². The Bertz CT molecular complexity index is 481. The number of hydrogen-bond donors (Lipinski definition) is 1. The molecule has 1 aromatic carbocycles. The molecule has 0 bridgehead atoms. The number of hydrogen-bond acceptors (Lipinski definition) is 3. The van der Waals surface area contributed by atoms with E-state index in [0.717, 1.165) is 31.6 Å². The number of carbonyl (C=O) groups excluding carboxylic acids is 1. The molecule has 1 fully saturated rings. The van der Waals surface area contributed by atoms with Gasteiger partial charge in [-0.1, -0.05) is 17.7 Å². The molecule has 0 aromatic heterocycles. The molecule has 1 N–H and O–H groups in total. The lowest BCUT2D eigenvalue weighted by Crippen LogP contribution is -2.39. The van der Waals surface area contributed by atoms with Crippen molar-refractivity contribution in [1.82, 2.24) is 4.90 Å². The number of halogens is 1. The van der Waals surface area contributed by atoms with E-state index in [0.29, 0.717) is 10.9 Å². The number of ketones is 1. The van der Waals surface area contributed by atoms with Gasteiger partial charge in [0, 0.05) is 25.0 Å². The number of piperidine rings is 1. The number of benzene rings is 1. The zero-order chi connectivity index (χ0) is 13.7.